The van der Waals surface area contributed by atoms with E-state index < -0.39 is 0 Å². The number of hydrogen-bond acceptors (Lipinski definition) is 6. The minimum absolute atomic E-state index is 0.0170. The molecule has 4 aromatic rings. The Morgan fingerprint density at radius 2 is 1.85 bits per heavy atom. The van der Waals surface area contributed by atoms with Gasteiger partial charge in [0.2, 0.25) is 6.79 Å². The van der Waals surface area contributed by atoms with Gasteiger partial charge in [-0.3, -0.25) is 4.79 Å². The average molecular weight is 494 g/mol. The van der Waals surface area contributed by atoms with E-state index in [-0.39, 0.29) is 12.7 Å². The number of thiophene rings is 1. The van der Waals surface area contributed by atoms with Crippen LogP contribution in [-0.4, -0.2) is 36.7 Å². The van der Waals surface area contributed by atoms with Gasteiger partial charge in [-0.15, -0.1) is 11.3 Å². The Balaban J connectivity index is 1.53. The zero-order valence-electron chi connectivity index (χ0n) is 19.2. The lowest BCUT2D eigenvalue weighted by Crippen LogP contribution is -2.30. The largest absolute Gasteiger partial charge is 0.454 e. The zero-order valence-corrected chi connectivity index (χ0v) is 20.7. The quantitative estimate of drug-likeness (QED) is 0.335. The van der Waals surface area contributed by atoms with E-state index in [1.807, 2.05) is 79.3 Å². The summed E-state index contributed by atoms with van der Waals surface area (Å²) in [4.78, 5) is 24.1. The van der Waals surface area contributed by atoms with Gasteiger partial charge < -0.3 is 19.3 Å². The lowest BCUT2D eigenvalue weighted by Gasteiger charge is -2.25. The Kier molecular flexibility index (Phi) is 6.06. The van der Waals surface area contributed by atoms with Gasteiger partial charge in [-0.2, -0.15) is 0 Å². The highest BCUT2D eigenvalue weighted by molar-refractivity contribution is 7.13. The molecule has 174 valence electrons. The van der Waals surface area contributed by atoms with Crippen LogP contribution in [0.15, 0.2) is 54.6 Å². The first-order chi connectivity index (χ1) is 16.4. The standard InChI is InChI=1S/C26H24ClN3O3S/c1-16-4-9-24(34-16)26(31)30(13-17-5-8-22-23(10-17)33-15-32-22)14-19-11-18-6-7-20(27)12-21(18)28-25(19)29(2)3/h4-12H,13-15H2,1-3H3. The molecule has 0 N–H and O–H groups in total. The van der Waals surface area contributed by atoms with Gasteiger partial charge in [-0.05, 0) is 55.0 Å². The van der Waals surface area contributed by atoms with Gasteiger partial charge >= 0.3 is 0 Å². The van der Waals surface area contributed by atoms with E-state index in [1.165, 1.54) is 11.3 Å². The van der Waals surface area contributed by atoms with E-state index in [1.54, 1.807) is 0 Å². The van der Waals surface area contributed by atoms with Crippen LogP contribution < -0.4 is 14.4 Å². The fourth-order valence-electron chi connectivity index (χ4n) is 4.05. The van der Waals surface area contributed by atoms with E-state index >= 15 is 0 Å². The predicted molar refractivity (Wildman–Crippen MR) is 136 cm³/mol. The molecular weight excluding hydrogens is 470 g/mol. The molecule has 34 heavy (non-hydrogen) atoms. The zero-order chi connectivity index (χ0) is 23.8. The highest BCUT2D eigenvalue weighted by Crippen LogP contribution is 2.34. The Bertz CT molecular complexity index is 1390. The fourth-order valence-corrected chi connectivity index (χ4v) is 5.05. The Labute approximate surface area is 207 Å². The summed E-state index contributed by atoms with van der Waals surface area (Å²) in [5.74, 6) is 2.22. The third kappa shape index (κ3) is 4.54. The summed E-state index contributed by atoms with van der Waals surface area (Å²) in [6.07, 6.45) is 0. The lowest BCUT2D eigenvalue weighted by molar-refractivity contribution is 0.0735. The summed E-state index contributed by atoms with van der Waals surface area (Å²) >= 11 is 7.70. The molecule has 3 heterocycles. The number of carbonyl (C=O) groups is 1. The van der Waals surface area contributed by atoms with Crippen molar-refractivity contribution in [1.29, 1.82) is 0 Å². The molecule has 0 spiro atoms. The molecule has 6 nitrogen and oxygen atoms in total. The number of pyridine rings is 1. The summed E-state index contributed by atoms with van der Waals surface area (Å²) < 4.78 is 11.0. The number of amides is 1. The van der Waals surface area contributed by atoms with Crippen LogP contribution in [0.4, 0.5) is 5.82 Å². The molecule has 8 heteroatoms. The highest BCUT2D eigenvalue weighted by Gasteiger charge is 2.22. The molecule has 0 atom stereocenters. The summed E-state index contributed by atoms with van der Waals surface area (Å²) in [6.45, 7) is 3.06. The van der Waals surface area contributed by atoms with Crippen molar-refractivity contribution in [2.45, 2.75) is 20.0 Å². The third-order valence-electron chi connectivity index (χ3n) is 5.67. The molecule has 0 bridgehead atoms. The first kappa shape index (κ1) is 22.5. The van der Waals surface area contributed by atoms with Crippen molar-refractivity contribution >= 4 is 45.6 Å². The molecule has 0 saturated heterocycles. The van der Waals surface area contributed by atoms with E-state index in [2.05, 4.69) is 6.07 Å². The number of benzene rings is 2. The number of anilines is 1. The van der Waals surface area contributed by atoms with Crippen molar-refractivity contribution in [3.05, 3.63) is 80.5 Å². The maximum atomic E-state index is 13.6. The molecule has 1 amide bonds. The number of aryl methyl sites for hydroxylation is 1. The number of hydrogen-bond donors (Lipinski definition) is 0. The molecule has 2 aromatic heterocycles. The van der Waals surface area contributed by atoms with Gasteiger partial charge in [-0.1, -0.05) is 23.7 Å². The van der Waals surface area contributed by atoms with Crippen LogP contribution in [0.1, 0.15) is 25.7 Å². The summed E-state index contributed by atoms with van der Waals surface area (Å²) in [5, 5.41) is 1.62. The molecule has 0 fully saturated rings. The summed E-state index contributed by atoms with van der Waals surface area (Å²) in [7, 11) is 3.91. The summed E-state index contributed by atoms with van der Waals surface area (Å²) in [5.41, 5.74) is 2.75. The van der Waals surface area contributed by atoms with Crippen molar-refractivity contribution in [3.63, 3.8) is 0 Å². The molecule has 5 rings (SSSR count). The maximum Gasteiger partial charge on any atom is 0.264 e. The van der Waals surface area contributed by atoms with Gasteiger partial charge in [0.25, 0.3) is 5.91 Å². The summed E-state index contributed by atoms with van der Waals surface area (Å²) in [6, 6.07) is 17.4. The van der Waals surface area contributed by atoms with Gasteiger partial charge in [0.05, 0.1) is 16.9 Å². The van der Waals surface area contributed by atoms with E-state index in [4.69, 9.17) is 26.1 Å². The van der Waals surface area contributed by atoms with Crippen LogP contribution in [-0.2, 0) is 13.1 Å². The first-order valence-electron chi connectivity index (χ1n) is 10.9. The molecular formula is C26H24ClN3O3S. The number of aromatic nitrogens is 1. The number of fused-ring (bicyclic) bond motifs is 2. The minimum atomic E-state index is -0.0170. The molecule has 1 aliphatic heterocycles. The van der Waals surface area contributed by atoms with E-state index in [0.717, 1.165) is 38.5 Å². The van der Waals surface area contributed by atoms with Crippen LogP contribution in [0.2, 0.25) is 5.02 Å². The second-order valence-corrected chi connectivity index (χ2v) is 10.2. The predicted octanol–water partition coefficient (Wildman–Crippen LogP) is 5.90. The molecule has 0 radical (unpaired) electrons. The SMILES string of the molecule is Cc1ccc(C(=O)N(Cc2ccc3c(c2)OCO3)Cc2cc3ccc(Cl)cc3nc2N(C)C)s1. The second kappa shape index (κ2) is 9.16. The van der Waals surface area contributed by atoms with Crippen molar-refractivity contribution in [3.8, 4) is 11.5 Å². The van der Waals surface area contributed by atoms with Crippen molar-refractivity contribution in [2.24, 2.45) is 0 Å². The Hall–Kier alpha value is -3.29. The third-order valence-corrected chi connectivity index (χ3v) is 6.89. The van der Waals surface area contributed by atoms with Gasteiger partial charge in [0.1, 0.15) is 5.82 Å². The highest BCUT2D eigenvalue weighted by atomic mass is 35.5. The van der Waals surface area contributed by atoms with Crippen LogP contribution >= 0.6 is 22.9 Å². The van der Waals surface area contributed by atoms with E-state index in [9.17, 15) is 4.79 Å². The van der Waals surface area contributed by atoms with Gasteiger partial charge in [0.15, 0.2) is 11.5 Å². The molecule has 2 aromatic carbocycles. The second-order valence-electron chi connectivity index (χ2n) is 8.46. The van der Waals surface area contributed by atoms with Crippen LogP contribution in [0.5, 0.6) is 11.5 Å². The van der Waals surface area contributed by atoms with Gasteiger partial charge in [0, 0.05) is 41.5 Å². The van der Waals surface area contributed by atoms with Crippen LogP contribution in [0.25, 0.3) is 10.9 Å². The Morgan fingerprint density at radius 1 is 1.03 bits per heavy atom. The minimum Gasteiger partial charge on any atom is -0.454 e. The first-order valence-corrected chi connectivity index (χ1v) is 12.1. The number of carbonyl (C=O) groups excluding carboxylic acids is 1. The lowest BCUT2D eigenvalue weighted by atomic mass is 10.1. The van der Waals surface area contributed by atoms with E-state index in [0.29, 0.717) is 28.7 Å². The van der Waals surface area contributed by atoms with Crippen molar-refractivity contribution in [2.75, 3.05) is 25.8 Å². The number of rotatable bonds is 6. The molecule has 1 aliphatic rings. The van der Waals surface area contributed by atoms with Crippen molar-refractivity contribution in [1.82, 2.24) is 9.88 Å². The normalized spacial score (nSPS) is 12.2. The number of nitrogens with zero attached hydrogens (tertiary/aromatic N) is 3. The molecule has 0 saturated carbocycles. The molecule has 0 aliphatic carbocycles. The maximum absolute atomic E-state index is 13.6. The Morgan fingerprint density at radius 3 is 2.62 bits per heavy atom. The topological polar surface area (TPSA) is 54.9 Å². The van der Waals surface area contributed by atoms with Gasteiger partial charge in [-0.25, -0.2) is 4.98 Å². The van der Waals surface area contributed by atoms with Crippen LogP contribution in [0, 0.1) is 6.92 Å². The smallest absolute Gasteiger partial charge is 0.264 e. The number of halogens is 1. The molecule has 0 unspecified atom stereocenters. The van der Waals surface area contributed by atoms with Crippen LogP contribution in [0.3, 0.4) is 0 Å². The number of ether oxygens (including phenoxy) is 2. The van der Waals surface area contributed by atoms with Crippen molar-refractivity contribution < 1.29 is 14.3 Å². The monoisotopic (exact) mass is 493 g/mol. The fraction of sp³-hybridized carbons (Fsp3) is 0.231. The average Bonchev–Trinajstić information content (AvgIpc) is 3.46.